The molecule has 1 amide bonds. The molecule has 0 aliphatic carbocycles. The number of nitrogens with one attached hydrogen (secondary N) is 1. The minimum absolute atomic E-state index is 0.0259. The fourth-order valence-electron chi connectivity index (χ4n) is 2.10. The Morgan fingerprint density at radius 1 is 1.05 bits per heavy atom. The average Bonchev–Trinajstić information content (AvgIpc) is 2.58. The van der Waals surface area contributed by atoms with E-state index in [1.165, 1.54) is 5.56 Å². The van der Waals surface area contributed by atoms with E-state index in [1.807, 2.05) is 30.3 Å². The van der Waals surface area contributed by atoms with Crippen molar-refractivity contribution >= 4 is 5.91 Å². The Kier molecular flexibility index (Phi) is 5.83. The van der Waals surface area contributed by atoms with Gasteiger partial charge >= 0.3 is 0 Å². The van der Waals surface area contributed by atoms with Gasteiger partial charge < -0.3 is 14.8 Å². The van der Waals surface area contributed by atoms with Crippen molar-refractivity contribution in [2.24, 2.45) is 0 Å². The fraction of sp³-hybridized carbons (Fsp3) is 0.278. The largest absolute Gasteiger partial charge is 0.493 e. The maximum absolute atomic E-state index is 11.9. The van der Waals surface area contributed by atoms with Gasteiger partial charge in [0.25, 0.3) is 5.91 Å². The van der Waals surface area contributed by atoms with Crippen molar-refractivity contribution in [2.75, 3.05) is 20.3 Å². The zero-order valence-electron chi connectivity index (χ0n) is 12.9. The predicted octanol–water partition coefficient (Wildman–Crippen LogP) is 2.99. The smallest absolute Gasteiger partial charge is 0.257 e. The van der Waals surface area contributed by atoms with E-state index >= 15 is 0 Å². The van der Waals surface area contributed by atoms with Gasteiger partial charge in [0.15, 0.2) is 18.1 Å². The van der Waals surface area contributed by atoms with Gasteiger partial charge in [0, 0.05) is 6.54 Å². The molecule has 0 saturated carbocycles. The van der Waals surface area contributed by atoms with Gasteiger partial charge in [-0.3, -0.25) is 4.79 Å². The standard InChI is InChI=1S/C18H21NO3/c1-14(15-8-4-3-5-9-15)12-19-18(20)13-22-17-11-7-6-10-16(17)21-2/h3-11,14H,12-13H2,1-2H3,(H,19,20)/t14-/m0/s1. The van der Waals surface area contributed by atoms with E-state index in [1.54, 1.807) is 19.2 Å². The predicted molar refractivity (Wildman–Crippen MR) is 86.4 cm³/mol. The highest BCUT2D eigenvalue weighted by Crippen LogP contribution is 2.25. The van der Waals surface area contributed by atoms with Crippen molar-refractivity contribution < 1.29 is 14.3 Å². The number of ether oxygens (including phenoxy) is 2. The topological polar surface area (TPSA) is 47.6 Å². The Bertz CT molecular complexity index is 598. The molecule has 2 rings (SSSR count). The number of carbonyl (C=O) groups is 1. The number of para-hydroxylation sites is 2. The second-order valence-electron chi connectivity index (χ2n) is 5.06. The van der Waals surface area contributed by atoms with Gasteiger partial charge in [-0.2, -0.15) is 0 Å². The van der Waals surface area contributed by atoms with E-state index in [0.717, 1.165) is 0 Å². The summed E-state index contributed by atoms with van der Waals surface area (Å²) in [7, 11) is 1.57. The van der Waals surface area contributed by atoms with E-state index in [4.69, 9.17) is 9.47 Å². The van der Waals surface area contributed by atoms with Crippen molar-refractivity contribution in [1.82, 2.24) is 5.32 Å². The number of rotatable bonds is 7. The minimum atomic E-state index is -0.145. The Labute approximate surface area is 131 Å². The summed E-state index contributed by atoms with van der Waals surface area (Å²) in [6.45, 7) is 2.64. The molecule has 4 nitrogen and oxygen atoms in total. The van der Waals surface area contributed by atoms with Crippen LogP contribution in [0.1, 0.15) is 18.4 Å². The summed E-state index contributed by atoms with van der Waals surface area (Å²) in [5.41, 5.74) is 1.20. The fourth-order valence-corrected chi connectivity index (χ4v) is 2.10. The molecule has 2 aromatic carbocycles. The first-order valence-corrected chi connectivity index (χ1v) is 7.28. The maximum Gasteiger partial charge on any atom is 0.257 e. The Hall–Kier alpha value is -2.49. The van der Waals surface area contributed by atoms with Crippen LogP contribution in [0.3, 0.4) is 0 Å². The highest BCUT2D eigenvalue weighted by Gasteiger charge is 2.09. The third-order valence-corrected chi connectivity index (χ3v) is 3.40. The molecule has 0 heterocycles. The molecule has 0 bridgehead atoms. The molecular formula is C18H21NO3. The van der Waals surface area contributed by atoms with Gasteiger partial charge in [-0.05, 0) is 23.6 Å². The second-order valence-corrected chi connectivity index (χ2v) is 5.06. The van der Waals surface area contributed by atoms with E-state index in [9.17, 15) is 4.79 Å². The quantitative estimate of drug-likeness (QED) is 0.855. The Balaban J connectivity index is 1.79. The lowest BCUT2D eigenvalue weighted by atomic mass is 10.0. The monoisotopic (exact) mass is 299 g/mol. The molecule has 2 aromatic rings. The van der Waals surface area contributed by atoms with Crippen LogP contribution in [0.2, 0.25) is 0 Å². The van der Waals surface area contributed by atoms with E-state index in [-0.39, 0.29) is 18.4 Å². The SMILES string of the molecule is COc1ccccc1OCC(=O)NC[C@H](C)c1ccccc1. The van der Waals surface area contributed by atoms with Gasteiger partial charge in [-0.1, -0.05) is 49.4 Å². The van der Waals surface area contributed by atoms with Gasteiger partial charge in [-0.15, -0.1) is 0 Å². The molecule has 0 aliphatic heterocycles. The molecule has 0 aliphatic rings. The third kappa shape index (κ3) is 4.52. The van der Waals surface area contributed by atoms with Crippen LogP contribution in [0.15, 0.2) is 54.6 Å². The minimum Gasteiger partial charge on any atom is -0.493 e. The molecule has 0 aromatic heterocycles. The summed E-state index contributed by atoms with van der Waals surface area (Å²) in [5.74, 6) is 1.30. The summed E-state index contributed by atoms with van der Waals surface area (Å²) >= 11 is 0. The highest BCUT2D eigenvalue weighted by molar-refractivity contribution is 5.77. The molecule has 0 radical (unpaired) electrons. The molecule has 4 heteroatoms. The van der Waals surface area contributed by atoms with Crippen LogP contribution < -0.4 is 14.8 Å². The van der Waals surface area contributed by atoms with Gasteiger partial charge in [0.1, 0.15) is 0 Å². The first-order valence-electron chi connectivity index (χ1n) is 7.28. The van der Waals surface area contributed by atoms with Crippen molar-refractivity contribution in [1.29, 1.82) is 0 Å². The van der Waals surface area contributed by atoms with Crippen molar-refractivity contribution in [3.05, 3.63) is 60.2 Å². The molecule has 0 unspecified atom stereocenters. The van der Waals surface area contributed by atoms with Crippen LogP contribution >= 0.6 is 0 Å². The lowest BCUT2D eigenvalue weighted by molar-refractivity contribution is -0.123. The van der Waals surface area contributed by atoms with Crippen LogP contribution in [0.4, 0.5) is 0 Å². The normalized spacial score (nSPS) is 11.5. The van der Waals surface area contributed by atoms with Gasteiger partial charge in [0.05, 0.1) is 7.11 Å². The molecular weight excluding hydrogens is 278 g/mol. The van der Waals surface area contributed by atoms with Crippen molar-refractivity contribution in [3.8, 4) is 11.5 Å². The Morgan fingerprint density at radius 2 is 1.68 bits per heavy atom. The molecule has 116 valence electrons. The molecule has 22 heavy (non-hydrogen) atoms. The molecule has 0 saturated heterocycles. The summed E-state index contributed by atoms with van der Waals surface area (Å²) < 4.78 is 10.7. The zero-order valence-corrected chi connectivity index (χ0v) is 12.9. The number of hydrogen-bond donors (Lipinski definition) is 1. The maximum atomic E-state index is 11.9. The van der Waals surface area contributed by atoms with Crippen LogP contribution in [-0.2, 0) is 4.79 Å². The lowest BCUT2D eigenvalue weighted by Crippen LogP contribution is -2.31. The third-order valence-electron chi connectivity index (χ3n) is 3.40. The molecule has 0 fully saturated rings. The van der Waals surface area contributed by atoms with E-state index < -0.39 is 0 Å². The molecule has 1 atom stereocenters. The summed E-state index contributed by atoms with van der Waals surface area (Å²) in [6.07, 6.45) is 0. The summed E-state index contributed by atoms with van der Waals surface area (Å²) in [5, 5.41) is 2.88. The summed E-state index contributed by atoms with van der Waals surface area (Å²) in [6, 6.07) is 17.4. The van der Waals surface area contributed by atoms with Crippen LogP contribution in [0.5, 0.6) is 11.5 Å². The van der Waals surface area contributed by atoms with Crippen molar-refractivity contribution in [3.63, 3.8) is 0 Å². The molecule has 1 N–H and O–H groups in total. The van der Waals surface area contributed by atoms with Gasteiger partial charge in [0.2, 0.25) is 0 Å². The second kappa shape index (κ2) is 8.08. The number of hydrogen-bond acceptors (Lipinski definition) is 3. The lowest BCUT2D eigenvalue weighted by Gasteiger charge is -2.14. The average molecular weight is 299 g/mol. The number of carbonyl (C=O) groups excluding carboxylic acids is 1. The van der Waals surface area contributed by atoms with Crippen LogP contribution in [0.25, 0.3) is 0 Å². The number of benzene rings is 2. The highest BCUT2D eigenvalue weighted by atomic mass is 16.5. The van der Waals surface area contributed by atoms with Crippen molar-refractivity contribution in [2.45, 2.75) is 12.8 Å². The molecule has 0 spiro atoms. The first-order chi connectivity index (χ1) is 10.7. The van der Waals surface area contributed by atoms with E-state index in [0.29, 0.717) is 18.0 Å². The van der Waals surface area contributed by atoms with Crippen LogP contribution in [-0.4, -0.2) is 26.2 Å². The van der Waals surface area contributed by atoms with Gasteiger partial charge in [-0.25, -0.2) is 0 Å². The summed E-state index contributed by atoms with van der Waals surface area (Å²) in [4.78, 5) is 11.9. The first kappa shape index (κ1) is 15.9. The Morgan fingerprint density at radius 3 is 2.36 bits per heavy atom. The number of amides is 1. The van der Waals surface area contributed by atoms with E-state index in [2.05, 4.69) is 24.4 Å². The zero-order chi connectivity index (χ0) is 15.8. The number of methoxy groups -OCH3 is 1. The van der Waals surface area contributed by atoms with Crippen LogP contribution in [0, 0.1) is 0 Å².